The maximum Gasteiger partial charge on any atom is 0.251 e. The Hall–Kier alpha value is -3.22. The Kier molecular flexibility index (Phi) is 5.29. The number of para-hydroxylation sites is 2. The summed E-state index contributed by atoms with van der Waals surface area (Å²) in [4.78, 5) is 27.4. The van der Waals surface area contributed by atoms with Crippen molar-refractivity contribution in [3.05, 3.63) is 48.0 Å². The smallest absolute Gasteiger partial charge is 0.251 e. The minimum absolute atomic E-state index is 0.0276. The Morgan fingerprint density at radius 2 is 1.90 bits per heavy atom. The molecule has 0 aromatic heterocycles. The molecule has 2 aliphatic rings. The molecule has 2 atom stereocenters. The number of anilines is 2. The number of fused-ring (bicyclic) bond motifs is 3. The molecule has 7 heteroatoms. The van der Waals surface area contributed by atoms with Crippen molar-refractivity contribution in [3.63, 3.8) is 0 Å². The molecule has 2 amide bonds. The van der Waals surface area contributed by atoms with Gasteiger partial charge in [-0.2, -0.15) is 0 Å². The standard InChI is InChI=1S/C22H25N3O4/c1-3-28-19-10-9-14(11-20(19)29-4-2)21(26)23-15-12-18-22(27)24-16-7-5-6-8-17(16)25(18)13-15/h5-11,15,18H,3-4,12-13H2,1-2H3,(H,23,26)(H,24,27). The second kappa shape index (κ2) is 8.03. The molecule has 0 aliphatic carbocycles. The molecule has 7 nitrogen and oxygen atoms in total. The van der Waals surface area contributed by atoms with Gasteiger partial charge in [-0.05, 0) is 50.6 Å². The highest BCUT2D eigenvalue weighted by atomic mass is 16.5. The molecule has 152 valence electrons. The molecule has 4 rings (SSSR count). The Bertz CT molecular complexity index is 930. The zero-order valence-electron chi connectivity index (χ0n) is 16.6. The fourth-order valence-electron chi connectivity index (χ4n) is 3.96. The lowest BCUT2D eigenvalue weighted by Crippen LogP contribution is -2.44. The largest absolute Gasteiger partial charge is 0.490 e. The van der Waals surface area contributed by atoms with Crippen molar-refractivity contribution in [2.24, 2.45) is 0 Å². The molecule has 0 saturated carbocycles. The van der Waals surface area contributed by atoms with Crippen LogP contribution in [0.4, 0.5) is 11.4 Å². The number of rotatable bonds is 6. The van der Waals surface area contributed by atoms with E-state index in [1.807, 2.05) is 38.1 Å². The number of ether oxygens (including phenoxy) is 2. The van der Waals surface area contributed by atoms with Gasteiger partial charge >= 0.3 is 0 Å². The van der Waals surface area contributed by atoms with E-state index in [9.17, 15) is 9.59 Å². The van der Waals surface area contributed by atoms with Gasteiger partial charge in [-0.1, -0.05) is 12.1 Å². The van der Waals surface area contributed by atoms with Crippen LogP contribution in [-0.2, 0) is 4.79 Å². The van der Waals surface area contributed by atoms with Crippen molar-refractivity contribution in [3.8, 4) is 11.5 Å². The van der Waals surface area contributed by atoms with E-state index in [-0.39, 0.29) is 23.9 Å². The van der Waals surface area contributed by atoms with Gasteiger partial charge in [0.25, 0.3) is 5.91 Å². The van der Waals surface area contributed by atoms with E-state index in [4.69, 9.17) is 9.47 Å². The molecule has 0 radical (unpaired) electrons. The second-order valence-electron chi connectivity index (χ2n) is 7.11. The van der Waals surface area contributed by atoms with E-state index in [1.54, 1.807) is 18.2 Å². The van der Waals surface area contributed by atoms with Crippen molar-refractivity contribution in [2.75, 3.05) is 30.0 Å². The van der Waals surface area contributed by atoms with Crippen LogP contribution in [0.15, 0.2) is 42.5 Å². The fourth-order valence-corrected chi connectivity index (χ4v) is 3.96. The molecule has 2 unspecified atom stereocenters. The molecule has 2 aliphatic heterocycles. The molecule has 2 aromatic rings. The van der Waals surface area contributed by atoms with Gasteiger partial charge in [0.2, 0.25) is 5.91 Å². The summed E-state index contributed by atoms with van der Waals surface area (Å²) in [6.45, 7) is 5.39. The highest BCUT2D eigenvalue weighted by Gasteiger charge is 2.41. The van der Waals surface area contributed by atoms with Gasteiger partial charge in [0.15, 0.2) is 11.5 Å². The normalized spacial score (nSPS) is 19.8. The van der Waals surface area contributed by atoms with Crippen LogP contribution in [0.5, 0.6) is 11.5 Å². The maximum atomic E-state index is 12.8. The molecular weight excluding hydrogens is 370 g/mol. The first kappa shape index (κ1) is 19.1. The first-order chi connectivity index (χ1) is 14.1. The van der Waals surface area contributed by atoms with Gasteiger partial charge in [0.05, 0.1) is 24.6 Å². The lowest BCUT2D eigenvalue weighted by molar-refractivity contribution is -0.117. The van der Waals surface area contributed by atoms with Crippen LogP contribution in [0, 0.1) is 0 Å². The Morgan fingerprint density at radius 3 is 2.69 bits per heavy atom. The summed E-state index contributed by atoms with van der Waals surface area (Å²) in [5, 5.41) is 6.02. The molecule has 2 heterocycles. The lowest BCUT2D eigenvalue weighted by Gasteiger charge is -2.32. The zero-order chi connectivity index (χ0) is 20.4. The van der Waals surface area contributed by atoms with Crippen LogP contribution in [0.2, 0.25) is 0 Å². The van der Waals surface area contributed by atoms with E-state index in [0.29, 0.717) is 43.2 Å². The van der Waals surface area contributed by atoms with Crippen molar-refractivity contribution < 1.29 is 19.1 Å². The third-order valence-electron chi connectivity index (χ3n) is 5.22. The summed E-state index contributed by atoms with van der Waals surface area (Å²) in [6.07, 6.45) is 0.571. The molecule has 1 saturated heterocycles. The summed E-state index contributed by atoms with van der Waals surface area (Å²) in [5.41, 5.74) is 2.31. The van der Waals surface area contributed by atoms with Crippen LogP contribution in [0.3, 0.4) is 0 Å². The van der Waals surface area contributed by atoms with Crippen molar-refractivity contribution in [1.82, 2.24) is 5.32 Å². The van der Waals surface area contributed by atoms with E-state index in [2.05, 4.69) is 15.5 Å². The maximum absolute atomic E-state index is 12.8. The number of hydrogen-bond acceptors (Lipinski definition) is 5. The molecule has 0 spiro atoms. The molecule has 1 fully saturated rings. The molecule has 2 N–H and O–H groups in total. The summed E-state index contributed by atoms with van der Waals surface area (Å²) in [5.74, 6) is 0.962. The first-order valence-electron chi connectivity index (χ1n) is 9.97. The molecular formula is C22H25N3O4. The van der Waals surface area contributed by atoms with E-state index < -0.39 is 0 Å². The molecule has 2 aromatic carbocycles. The highest BCUT2D eigenvalue weighted by molar-refractivity contribution is 6.04. The summed E-state index contributed by atoms with van der Waals surface area (Å²) in [6, 6.07) is 12.5. The summed E-state index contributed by atoms with van der Waals surface area (Å²) in [7, 11) is 0. The highest BCUT2D eigenvalue weighted by Crippen LogP contribution is 2.36. The zero-order valence-corrected chi connectivity index (χ0v) is 16.6. The van der Waals surface area contributed by atoms with Gasteiger partial charge in [-0.15, -0.1) is 0 Å². The van der Waals surface area contributed by atoms with Gasteiger partial charge in [-0.25, -0.2) is 0 Å². The number of benzene rings is 2. The minimum atomic E-state index is -0.269. The quantitative estimate of drug-likeness (QED) is 0.786. The van der Waals surface area contributed by atoms with Crippen molar-refractivity contribution >= 4 is 23.2 Å². The van der Waals surface area contributed by atoms with Crippen molar-refractivity contribution in [2.45, 2.75) is 32.4 Å². The van der Waals surface area contributed by atoms with E-state index in [0.717, 1.165) is 11.4 Å². The average molecular weight is 395 g/mol. The number of carbonyl (C=O) groups is 2. The number of nitrogens with zero attached hydrogens (tertiary/aromatic N) is 1. The Labute approximate surface area is 170 Å². The lowest BCUT2D eigenvalue weighted by atomic mass is 10.1. The van der Waals surface area contributed by atoms with E-state index in [1.165, 1.54) is 0 Å². The van der Waals surface area contributed by atoms with Crippen LogP contribution in [0.25, 0.3) is 0 Å². The number of hydrogen-bond donors (Lipinski definition) is 2. The van der Waals surface area contributed by atoms with Crippen molar-refractivity contribution in [1.29, 1.82) is 0 Å². The Morgan fingerprint density at radius 1 is 1.14 bits per heavy atom. The second-order valence-corrected chi connectivity index (χ2v) is 7.11. The predicted octanol–water partition coefficient (Wildman–Crippen LogP) is 2.81. The van der Waals surface area contributed by atoms with E-state index >= 15 is 0 Å². The third-order valence-corrected chi connectivity index (χ3v) is 5.22. The van der Waals surface area contributed by atoms with Crippen LogP contribution in [0.1, 0.15) is 30.6 Å². The number of carbonyl (C=O) groups excluding carboxylic acids is 2. The van der Waals surface area contributed by atoms with Crippen LogP contribution >= 0.6 is 0 Å². The van der Waals surface area contributed by atoms with Gasteiger partial charge in [-0.3, -0.25) is 9.59 Å². The molecule has 0 bridgehead atoms. The number of amides is 2. The third kappa shape index (κ3) is 3.72. The molecule has 29 heavy (non-hydrogen) atoms. The van der Waals surface area contributed by atoms with Gasteiger partial charge < -0.3 is 25.0 Å². The SMILES string of the molecule is CCOc1ccc(C(=O)NC2CC3C(=O)Nc4ccccc4N3C2)cc1OCC. The van der Waals surface area contributed by atoms with Gasteiger partial charge in [0.1, 0.15) is 6.04 Å². The topological polar surface area (TPSA) is 79.9 Å². The predicted molar refractivity (Wildman–Crippen MR) is 111 cm³/mol. The minimum Gasteiger partial charge on any atom is -0.490 e. The Balaban J connectivity index is 1.49. The number of nitrogens with one attached hydrogen (secondary N) is 2. The van der Waals surface area contributed by atoms with Crippen LogP contribution in [-0.4, -0.2) is 43.7 Å². The van der Waals surface area contributed by atoms with Gasteiger partial charge in [0, 0.05) is 18.2 Å². The summed E-state index contributed by atoms with van der Waals surface area (Å²) >= 11 is 0. The summed E-state index contributed by atoms with van der Waals surface area (Å²) < 4.78 is 11.2. The average Bonchev–Trinajstić information content (AvgIpc) is 3.14. The monoisotopic (exact) mass is 395 g/mol. The fraction of sp³-hybridized carbons (Fsp3) is 0.364. The van der Waals surface area contributed by atoms with Crippen LogP contribution < -0.4 is 25.0 Å². The first-order valence-corrected chi connectivity index (χ1v) is 9.97.